The minimum atomic E-state index is 0.0514. The molecule has 1 aromatic heterocycles. The minimum absolute atomic E-state index is 0.0514. The Labute approximate surface area is 134 Å². The van der Waals surface area contributed by atoms with E-state index in [9.17, 15) is 9.59 Å². The molecular formula is C16H21N3O2S. The summed E-state index contributed by atoms with van der Waals surface area (Å²) in [5.74, 6) is 0.162. The highest BCUT2D eigenvalue weighted by Gasteiger charge is 2.25. The topological polar surface area (TPSA) is 52.7 Å². The molecule has 0 radical (unpaired) electrons. The van der Waals surface area contributed by atoms with Crippen molar-refractivity contribution in [2.24, 2.45) is 0 Å². The Balaban J connectivity index is 1.40. The zero-order chi connectivity index (χ0) is 15.4. The van der Waals surface area contributed by atoms with Crippen molar-refractivity contribution in [3.05, 3.63) is 28.5 Å². The highest BCUT2D eigenvalue weighted by atomic mass is 32.1. The van der Waals surface area contributed by atoms with Crippen LogP contribution >= 0.6 is 11.3 Å². The maximum Gasteiger partial charge on any atom is 0.246 e. The van der Waals surface area contributed by atoms with Crippen molar-refractivity contribution in [1.29, 1.82) is 0 Å². The van der Waals surface area contributed by atoms with E-state index in [0.717, 1.165) is 30.8 Å². The van der Waals surface area contributed by atoms with Crippen LogP contribution in [0.25, 0.3) is 6.08 Å². The van der Waals surface area contributed by atoms with Crippen LogP contribution in [0.2, 0.25) is 0 Å². The van der Waals surface area contributed by atoms with E-state index in [1.807, 2.05) is 28.5 Å². The van der Waals surface area contributed by atoms with Gasteiger partial charge >= 0.3 is 0 Å². The fourth-order valence-electron chi connectivity index (χ4n) is 2.48. The lowest BCUT2D eigenvalue weighted by Crippen LogP contribution is -2.50. The van der Waals surface area contributed by atoms with E-state index in [2.05, 4.69) is 10.2 Å². The third-order valence-corrected chi connectivity index (χ3v) is 4.76. The fraction of sp³-hybridized carbons (Fsp3) is 0.500. The van der Waals surface area contributed by atoms with Gasteiger partial charge < -0.3 is 10.2 Å². The number of nitrogens with one attached hydrogen (secondary N) is 1. The predicted molar refractivity (Wildman–Crippen MR) is 87.5 cm³/mol. The molecule has 0 atom stereocenters. The molecule has 2 heterocycles. The van der Waals surface area contributed by atoms with Crippen molar-refractivity contribution >= 4 is 29.2 Å². The van der Waals surface area contributed by atoms with Gasteiger partial charge in [-0.15, -0.1) is 11.3 Å². The number of hydrogen-bond donors (Lipinski definition) is 1. The van der Waals surface area contributed by atoms with Gasteiger partial charge in [-0.2, -0.15) is 0 Å². The fourth-order valence-corrected chi connectivity index (χ4v) is 3.09. The number of hydrogen-bond acceptors (Lipinski definition) is 4. The second kappa shape index (κ2) is 7.07. The molecule has 1 saturated carbocycles. The Bertz CT molecular complexity index is 544. The van der Waals surface area contributed by atoms with Crippen molar-refractivity contribution in [3.8, 4) is 0 Å². The summed E-state index contributed by atoms with van der Waals surface area (Å²) in [6.07, 6.45) is 5.74. The van der Waals surface area contributed by atoms with Gasteiger partial charge in [-0.1, -0.05) is 6.07 Å². The molecule has 6 heteroatoms. The van der Waals surface area contributed by atoms with Gasteiger partial charge in [0, 0.05) is 43.2 Å². The standard InChI is InChI=1S/C16H21N3O2S/c20-15(17-13-3-4-13)12-18-7-9-19(10-8-18)16(21)6-5-14-2-1-11-22-14/h1-2,5-6,11,13H,3-4,7-10,12H2,(H,17,20)/b6-5+. The van der Waals surface area contributed by atoms with Crippen LogP contribution in [0, 0.1) is 0 Å². The molecule has 0 spiro atoms. The summed E-state index contributed by atoms with van der Waals surface area (Å²) in [7, 11) is 0. The number of nitrogens with zero attached hydrogens (tertiary/aromatic N) is 2. The largest absolute Gasteiger partial charge is 0.352 e. The van der Waals surface area contributed by atoms with Crippen LogP contribution < -0.4 is 5.32 Å². The van der Waals surface area contributed by atoms with E-state index in [1.54, 1.807) is 17.4 Å². The van der Waals surface area contributed by atoms with E-state index in [1.165, 1.54) is 0 Å². The monoisotopic (exact) mass is 319 g/mol. The quantitative estimate of drug-likeness (QED) is 0.829. The van der Waals surface area contributed by atoms with Gasteiger partial charge in [-0.25, -0.2) is 0 Å². The zero-order valence-corrected chi connectivity index (χ0v) is 13.3. The van der Waals surface area contributed by atoms with Crippen LogP contribution in [0.5, 0.6) is 0 Å². The lowest BCUT2D eigenvalue weighted by molar-refractivity contribution is -0.128. The van der Waals surface area contributed by atoms with Crippen LogP contribution in [0.15, 0.2) is 23.6 Å². The van der Waals surface area contributed by atoms with E-state index in [0.29, 0.717) is 25.7 Å². The first kappa shape index (κ1) is 15.2. The number of amides is 2. The number of thiophene rings is 1. The lowest BCUT2D eigenvalue weighted by Gasteiger charge is -2.33. The summed E-state index contributed by atoms with van der Waals surface area (Å²) in [6.45, 7) is 3.34. The zero-order valence-electron chi connectivity index (χ0n) is 12.5. The summed E-state index contributed by atoms with van der Waals surface area (Å²) in [4.78, 5) is 28.9. The van der Waals surface area contributed by atoms with E-state index in [-0.39, 0.29) is 11.8 Å². The third-order valence-electron chi connectivity index (χ3n) is 3.93. The van der Waals surface area contributed by atoms with Gasteiger partial charge in [0.2, 0.25) is 11.8 Å². The van der Waals surface area contributed by atoms with Gasteiger partial charge in [0.25, 0.3) is 0 Å². The Morgan fingerprint density at radius 3 is 2.68 bits per heavy atom. The molecule has 2 amide bonds. The van der Waals surface area contributed by atoms with Gasteiger partial charge in [-0.05, 0) is 30.4 Å². The molecular weight excluding hydrogens is 298 g/mol. The molecule has 0 aromatic carbocycles. The maximum atomic E-state index is 12.1. The molecule has 0 unspecified atom stereocenters. The molecule has 118 valence electrons. The first-order valence-electron chi connectivity index (χ1n) is 7.73. The van der Waals surface area contributed by atoms with Crippen LogP contribution in [-0.2, 0) is 9.59 Å². The number of rotatable bonds is 5. The molecule has 1 saturated heterocycles. The molecule has 2 aliphatic rings. The lowest BCUT2D eigenvalue weighted by atomic mass is 10.3. The van der Waals surface area contributed by atoms with Gasteiger partial charge in [0.05, 0.1) is 6.54 Å². The summed E-state index contributed by atoms with van der Waals surface area (Å²) >= 11 is 1.62. The van der Waals surface area contributed by atoms with Crippen molar-refractivity contribution in [3.63, 3.8) is 0 Å². The molecule has 1 aliphatic heterocycles. The number of carbonyl (C=O) groups is 2. The maximum absolute atomic E-state index is 12.1. The molecule has 1 aromatic rings. The van der Waals surface area contributed by atoms with Crippen molar-refractivity contribution in [1.82, 2.24) is 15.1 Å². The molecule has 22 heavy (non-hydrogen) atoms. The number of carbonyl (C=O) groups excluding carboxylic acids is 2. The summed E-state index contributed by atoms with van der Waals surface area (Å²) in [6, 6.07) is 4.38. The normalized spacial score (nSPS) is 19.5. The van der Waals surface area contributed by atoms with Crippen LogP contribution in [0.3, 0.4) is 0 Å². The molecule has 2 fully saturated rings. The smallest absolute Gasteiger partial charge is 0.246 e. The first-order chi connectivity index (χ1) is 10.7. The Kier molecular flexibility index (Phi) is 4.90. The highest BCUT2D eigenvalue weighted by molar-refractivity contribution is 7.10. The van der Waals surface area contributed by atoms with Crippen molar-refractivity contribution < 1.29 is 9.59 Å². The van der Waals surface area contributed by atoms with Gasteiger partial charge in [0.15, 0.2) is 0 Å². The minimum Gasteiger partial charge on any atom is -0.352 e. The molecule has 0 bridgehead atoms. The Hall–Kier alpha value is -1.66. The van der Waals surface area contributed by atoms with Gasteiger partial charge in [0.1, 0.15) is 0 Å². The van der Waals surface area contributed by atoms with Crippen LogP contribution in [0.4, 0.5) is 0 Å². The highest BCUT2D eigenvalue weighted by Crippen LogP contribution is 2.18. The summed E-state index contributed by atoms with van der Waals surface area (Å²) < 4.78 is 0. The first-order valence-corrected chi connectivity index (χ1v) is 8.61. The van der Waals surface area contributed by atoms with E-state index >= 15 is 0 Å². The Morgan fingerprint density at radius 1 is 1.27 bits per heavy atom. The third kappa shape index (κ3) is 4.42. The molecule has 3 rings (SSSR count). The molecule has 1 aliphatic carbocycles. The average Bonchev–Trinajstić information content (AvgIpc) is 3.16. The van der Waals surface area contributed by atoms with E-state index < -0.39 is 0 Å². The van der Waals surface area contributed by atoms with Crippen LogP contribution in [-0.4, -0.2) is 60.4 Å². The predicted octanol–water partition coefficient (Wildman–Crippen LogP) is 1.18. The van der Waals surface area contributed by atoms with Crippen LogP contribution in [0.1, 0.15) is 17.7 Å². The SMILES string of the molecule is O=C(CN1CCN(C(=O)/C=C/c2cccs2)CC1)NC1CC1. The van der Waals surface area contributed by atoms with Gasteiger partial charge in [-0.3, -0.25) is 14.5 Å². The summed E-state index contributed by atoms with van der Waals surface area (Å²) in [5, 5.41) is 5.00. The van der Waals surface area contributed by atoms with Crippen molar-refractivity contribution in [2.75, 3.05) is 32.7 Å². The molecule has 5 nitrogen and oxygen atoms in total. The summed E-state index contributed by atoms with van der Waals surface area (Å²) in [5.41, 5.74) is 0. The second-order valence-corrected chi connectivity index (χ2v) is 6.77. The van der Waals surface area contributed by atoms with Crippen molar-refractivity contribution in [2.45, 2.75) is 18.9 Å². The second-order valence-electron chi connectivity index (χ2n) is 5.79. The molecule has 1 N–H and O–H groups in total. The average molecular weight is 319 g/mol. The Morgan fingerprint density at radius 2 is 2.05 bits per heavy atom. The van der Waals surface area contributed by atoms with E-state index in [4.69, 9.17) is 0 Å². The number of piperazine rings is 1.